The molecular weight excluding hydrogens is 549 g/mol. The topological polar surface area (TPSA) is 109 Å². The summed E-state index contributed by atoms with van der Waals surface area (Å²) in [6, 6.07) is 15.2. The van der Waals surface area contributed by atoms with Gasteiger partial charge in [-0.05, 0) is 53.6 Å². The highest BCUT2D eigenvalue weighted by Gasteiger charge is 2.22. The van der Waals surface area contributed by atoms with Crippen LogP contribution in [0, 0.1) is 17.5 Å². The minimum atomic E-state index is -1.61. The van der Waals surface area contributed by atoms with Gasteiger partial charge >= 0.3 is 5.69 Å². The number of nitrogens with zero attached hydrogens (tertiary/aromatic N) is 1. The van der Waals surface area contributed by atoms with Crippen molar-refractivity contribution in [2.75, 3.05) is 6.61 Å². The number of aromatic amines is 2. The number of halogens is 4. The van der Waals surface area contributed by atoms with E-state index < -0.39 is 35.0 Å². The van der Waals surface area contributed by atoms with Crippen molar-refractivity contribution in [3.05, 3.63) is 133 Å². The molecule has 3 N–H and O–H groups in total. The number of rotatable bonds is 8. The maximum absolute atomic E-state index is 13.7. The first-order valence-electron chi connectivity index (χ1n) is 11.9. The first-order chi connectivity index (χ1) is 19.2. The van der Waals surface area contributed by atoms with E-state index in [9.17, 15) is 27.6 Å². The van der Waals surface area contributed by atoms with Gasteiger partial charge in [0, 0.05) is 17.3 Å². The average molecular weight is 569 g/mol. The Bertz CT molecular complexity index is 1830. The zero-order chi connectivity index (χ0) is 28.4. The maximum atomic E-state index is 13.7. The molecule has 5 aromatic rings. The molecule has 2 aromatic heterocycles. The summed E-state index contributed by atoms with van der Waals surface area (Å²) >= 11 is 6.39. The standard InChI is InChI=1S/C28H20ClF3N4O4/c29-19-6-2-1-4-17(19)24(14-40-16-7-8-22-23(12-16)35-28(39)34-22)33-26(37)18-5-3-9-36(27(18)38)13-15-10-20(30)25(32)21(31)11-15/h1-12,24H,13-14H2,(H,33,37)(H2,34,35,39)/t24-/m0/s1. The Hall–Kier alpha value is -4.77. The summed E-state index contributed by atoms with van der Waals surface area (Å²) < 4.78 is 47.6. The van der Waals surface area contributed by atoms with Crippen molar-refractivity contribution in [2.45, 2.75) is 12.6 Å². The first-order valence-corrected chi connectivity index (χ1v) is 12.3. The molecule has 0 fully saturated rings. The number of pyridine rings is 1. The van der Waals surface area contributed by atoms with Gasteiger partial charge in [0.15, 0.2) is 17.5 Å². The zero-order valence-corrected chi connectivity index (χ0v) is 21.3. The Morgan fingerprint density at radius 1 is 0.950 bits per heavy atom. The van der Waals surface area contributed by atoms with E-state index in [1.165, 1.54) is 18.3 Å². The smallest absolute Gasteiger partial charge is 0.323 e. The molecule has 0 bridgehead atoms. The molecule has 2 heterocycles. The van der Waals surface area contributed by atoms with Crippen molar-refractivity contribution in [3.63, 3.8) is 0 Å². The fraction of sp³-hybridized carbons (Fsp3) is 0.107. The Kier molecular flexibility index (Phi) is 7.47. The van der Waals surface area contributed by atoms with Gasteiger partial charge in [0.05, 0.1) is 23.6 Å². The third-order valence-electron chi connectivity index (χ3n) is 6.15. The van der Waals surface area contributed by atoms with E-state index in [2.05, 4.69) is 15.3 Å². The number of nitrogens with one attached hydrogen (secondary N) is 3. The third kappa shape index (κ3) is 5.64. The van der Waals surface area contributed by atoms with Crippen molar-refractivity contribution in [1.29, 1.82) is 0 Å². The predicted octanol–water partition coefficient (Wildman–Crippen LogP) is 4.69. The summed E-state index contributed by atoms with van der Waals surface area (Å²) in [6.45, 7) is -0.375. The van der Waals surface area contributed by atoms with Crippen LogP contribution in [-0.2, 0) is 6.54 Å². The number of aromatic nitrogens is 3. The SMILES string of the molecule is O=C(N[C@@H](COc1ccc2[nH]c(=O)[nH]c2c1)c1ccccc1Cl)c1cccn(Cc2cc(F)c(F)c(F)c2)c1=O. The van der Waals surface area contributed by atoms with E-state index in [0.29, 0.717) is 27.4 Å². The number of hydrogen-bond acceptors (Lipinski definition) is 4. The molecule has 204 valence electrons. The summed E-state index contributed by atoms with van der Waals surface area (Å²) in [5, 5.41) is 3.12. The van der Waals surface area contributed by atoms with Gasteiger partial charge in [-0.25, -0.2) is 18.0 Å². The second-order valence-electron chi connectivity index (χ2n) is 8.87. The lowest BCUT2D eigenvalue weighted by molar-refractivity contribution is 0.0919. The molecule has 8 nitrogen and oxygen atoms in total. The van der Waals surface area contributed by atoms with Crippen LogP contribution in [0.1, 0.15) is 27.5 Å². The van der Waals surface area contributed by atoms with Gasteiger partial charge in [-0.3, -0.25) is 9.59 Å². The molecule has 3 aromatic carbocycles. The number of ether oxygens (including phenoxy) is 1. The second-order valence-corrected chi connectivity index (χ2v) is 9.28. The van der Waals surface area contributed by atoms with Gasteiger partial charge in [-0.1, -0.05) is 29.8 Å². The number of H-pyrrole nitrogens is 2. The molecule has 5 rings (SSSR count). The van der Waals surface area contributed by atoms with E-state index in [4.69, 9.17) is 16.3 Å². The molecule has 0 spiro atoms. The van der Waals surface area contributed by atoms with Crippen molar-refractivity contribution >= 4 is 28.5 Å². The Morgan fingerprint density at radius 2 is 1.68 bits per heavy atom. The van der Waals surface area contributed by atoms with Gasteiger partial charge in [0.25, 0.3) is 11.5 Å². The van der Waals surface area contributed by atoms with Gasteiger partial charge in [-0.15, -0.1) is 0 Å². The number of fused-ring (bicyclic) bond motifs is 1. The van der Waals surface area contributed by atoms with E-state index >= 15 is 0 Å². The van der Waals surface area contributed by atoms with Crippen LogP contribution in [-0.4, -0.2) is 27.0 Å². The molecule has 0 saturated carbocycles. The zero-order valence-electron chi connectivity index (χ0n) is 20.5. The third-order valence-corrected chi connectivity index (χ3v) is 6.50. The fourth-order valence-corrected chi connectivity index (χ4v) is 4.48. The van der Waals surface area contributed by atoms with E-state index in [1.54, 1.807) is 42.5 Å². The highest BCUT2D eigenvalue weighted by molar-refractivity contribution is 6.31. The van der Waals surface area contributed by atoms with Gasteiger partial charge in [0.1, 0.15) is 17.9 Å². The minimum Gasteiger partial charge on any atom is -0.491 e. The summed E-state index contributed by atoms with van der Waals surface area (Å²) in [6.07, 6.45) is 1.34. The normalized spacial score (nSPS) is 11.9. The van der Waals surface area contributed by atoms with Crippen LogP contribution < -0.4 is 21.3 Å². The van der Waals surface area contributed by atoms with Crippen LogP contribution in [0.5, 0.6) is 5.75 Å². The number of benzene rings is 3. The van der Waals surface area contributed by atoms with E-state index in [0.717, 1.165) is 16.7 Å². The average Bonchev–Trinajstić information content (AvgIpc) is 3.30. The lowest BCUT2D eigenvalue weighted by Crippen LogP contribution is -2.37. The molecule has 0 saturated heterocycles. The second kappa shape index (κ2) is 11.1. The van der Waals surface area contributed by atoms with Crippen molar-refractivity contribution in [1.82, 2.24) is 19.9 Å². The lowest BCUT2D eigenvalue weighted by atomic mass is 10.1. The summed E-state index contributed by atoms with van der Waals surface area (Å²) in [5.41, 5.74) is 0.323. The predicted molar refractivity (Wildman–Crippen MR) is 142 cm³/mol. The molecule has 1 amide bonds. The van der Waals surface area contributed by atoms with E-state index in [-0.39, 0.29) is 30.0 Å². The highest BCUT2D eigenvalue weighted by atomic mass is 35.5. The van der Waals surface area contributed by atoms with Crippen LogP contribution in [0.4, 0.5) is 13.2 Å². The largest absolute Gasteiger partial charge is 0.491 e. The highest BCUT2D eigenvalue weighted by Crippen LogP contribution is 2.25. The van der Waals surface area contributed by atoms with Crippen LogP contribution in [0.2, 0.25) is 5.02 Å². The van der Waals surface area contributed by atoms with Gasteiger partial charge in [-0.2, -0.15) is 0 Å². The molecule has 0 aliphatic heterocycles. The van der Waals surface area contributed by atoms with Crippen LogP contribution >= 0.6 is 11.6 Å². The summed E-state index contributed by atoms with van der Waals surface area (Å²) in [4.78, 5) is 43.2. The van der Waals surface area contributed by atoms with Crippen molar-refractivity contribution in [3.8, 4) is 5.75 Å². The van der Waals surface area contributed by atoms with Gasteiger partial charge in [0.2, 0.25) is 0 Å². The molecular formula is C28H20ClF3N4O4. The van der Waals surface area contributed by atoms with Crippen LogP contribution in [0.25, 0.3) is 11.0 Å². The molecule has 0 radical (unpaired) electrons. The minimum absolute atomic E-state index is 0.000798. The van der Waals surface area contributed by atoms with Crippen molar-refractivity contribution in [2.24, 2.45) is 0 Å². The fourth-order valence-electron chi connectivity index (χ4n) is 4.21. The Morgan fingerprint density at radius 3 is 2.42 bits per heavy atom. The molecule has 0 aliphatic rings. The van der Waals surface area contributed by atoms with Crippen LogP contribution in [0.3, 0.4) is 0 Å². The lowest BCUT2D eigenvalue weighted by Gasteiger charge is -2.21. The Balaban J connectivity index is 1.39. The van der Waals surface area contributed by atoms with Crippen LogP contribution in [0.15, 0.2) is 82.5 Å². The molecule has 12 heteroatoms. The number of carbonyl (C=O) groups is 1. The number of carbonyl (C=O) groups excluding carboxylic acids is 1. The molecule has 0 unspecified atom stereocenters. The number of amides is 1. The summed E-state index contributed by atoms with van der Waals surface area (Å²) in [7, 11) is 0. The Labute approximate surface area is 229 Å². The quantitative estimate of drug-likeness (QED) is 0.236. The van der Waals surface area contributed by atoms with Crippen molar-refractivity contribution < 1.29 is 22.7 Å². The van der Waals surface area contributed by atoms with E-state index in [1.807, 2.05) is 0 Å². The molecule has 40 heavy (non-hydrogen) atoms. The first kappa shape index (κ1) is 26.8. The maximum Gasteiger partial charge on any atom is 0.323 e. The monoisotopic (exact) mass is 568 g/mol. The molecule has 1 atom stereocenters. The molecule has 0 aliphatic carbocycles. The van der Waals surface area contributed by atoms with Gasteiger partial charge < -0.3 is 24.6 Å². The number of imidazole rings is 1. The summed E-state index contributed by atoms with van der Waals surface area (Å²) in [5.74, 6) is -4.72. The number of hydrogen-bond donors (Lipinski definition) is 3.